The van der Waals surface area contributed by atoms with E-state index in [1.165, 1.54) is 0 Å². The molecular formula is C15H13Cl2N3O. The zero-order chi connectivity index (χ0) is 14.8. The number of ether oxygens (including phenoxy) is 1. The number of nitrogen functional groups attached to an aromatic ring is 1. The number of aromatic nitrogens is 2. The summed E-state index contributed by atoms with van der Waals surface area (Å²) in [6.45, 7) is 1.06. The molecular weight excluding hydrogens is 309 g/mol. The van der Waals surface area contributed by atoms with E-state index in [1.54, 1.807) is 12.1 Å². The predicted molar refractivity (Wildman–Crippen MR) is 86.1 cm³/mol. The molecule has 2 N–H and O–H groups in total. The fourth-order valence-electron chi connectivity index (χ4n) is 2.15. The van der Waals surface area contributed by atoms with Crippen LogP contribution < -0.4 is 10.5 Å². The van der Waals surface area contributed by atoms with Crippen LogP contribution in [0.5, 0.6) is 5.75 Å². The molecule has 1 aromatic heterocycles. The van der Waals surface area contributed by atoms with Crippen LogP contribution in [0.2, 0.25) is 10.0 Å². The van der Waals surface area contributed by atoms with Crippen LogP contribution >= 0.6 is 23.2 Å². The third-order valence-electron chi connectivity index (χ3n) is 3.15. The van der Waals surface area contributed by atoms with Crippen molar-refractivity contribution in [3.8, 4) is 5.75 Å². The molecule has 0 aliphatic carbocycles. The second-order valence-corrected chi connectivity index (χ2v) is 5.35. The second kappa shape index (κ2) is 5.84. The average Bonchev–Trinajstić information content (AvgIpc) is 2.76. The van der Waals surface area contributed by atoms with Gasteiger partial charge in [0.1, 0.15) is 12.4 Å². The number of nitrogens with two attached hydrogens (primary N) is 1. The van der Waals surface area contributed by atoms with Crippen molar-refractivity contribution in [1.29, 1.82) is 0 Å². The lowest BCUT2D eigenvalue weighted by atomic mass is 10.3. The minimum absolute atomic E-state index is 0.417. The number of fused-ring (bicyclic) bond motifs is 1. The first kappa shape index (κ1) is 14.0. The topological polar surface area (TPSA) is 53.1 Å². The molecule has 21 heavy (non-hydrogen) atoms. The third kappa shape index (κ3) is 2.91. The van der Waals surface area contributed by atoms with Crippen molar-refractivity contribution < 1.29 is 4.74 Å². The lowest BCUT2D eigenvalue weighted by molar-refractivity contribution is 0.301. The number of imidazole rings is 1. The lowest BCUT2D eigenvalue weighted by Gasteiger charge is -2.09. The van der Waals surface area contributed by atoms with Gasteiger partial charge in [0.2, 0.25) is 5.95 Å². The van der Waals surface area contributed by atoms with Crippen LogP contribution in [0.3, 0.4) is 0 Å². The maximum Gasteiger partial charge on any atom is 0.201 e. The monoisotopic (exact) mass is 321 g/mol. The standard InChI is InChI=1S/C15H13Cl2N3O/c16-11-8-13-14(9-12(11)17)20(15(18)19-13)6-7-21-10-4-2-1-3-5-10/h1-5,8-9H,6-7H2,(H2,18,19). The van der Waals surface area contributed by atoms with E-state index in [9.17, 15) is 0 Å². The first-order valence-corrected chi connectivity index (χ1v) is 7.19. The number of rotatable bonds is 4. The van der Waals surface area contributed by atoms with Gasteiger partial charge in [-0.15, -0.1) is 0 Å². The van der Waals surface area contributed by atoms with Crippen molar-refractivity contribution in [2.24, 2.45) is 0 Å². The van der Waals surface area contributed by atoms with Crippen LogP contribution in [-0.2, 0) is 6.54 Å². The first-order chi connectivity index (χ1) is 10.1. The van der Waals surface area contributed by atoms with E-state index >= 15 is 0 Å². The van der Waals surface area contributed by atoms with Crippen molar-refractivity contribution in [3.63, 3.8) is 0 Å². The normalized spacial score (nSPS) is 11.0. The Morgan fingerprint density at radius 1 is 1.10 bits per heavy atom. The predicted octanol–water partition coefficient (Wildman–Crippen LogP) is 4.00. The van der Waals surface area contributed by atoms with Gasteiger partial charge in [0, 0.05) is 0 Å². The van der Waals surface area contributed by atoms with Crippen LogP contribution in [0.25, 0.3) is 11.0 Å². The average molecular weight is 322 g/mol. The highest BCUT2D eigenvalue weighted by Crippen LogP contribution is 2.28. The fraction of sp³-hybridized carbons (Fsp3) is 0.133. The molecule has 3 rings (SSSR count). The molecule has 0 saturated heterocycles. The largest absolute Gasteiger partial charge is 0.492 e. The Morgan fingerprint density at radius 3 is 2.57 bits per heavy atom. The number of benzene rings is 2. The summed E-state index contributed by atoms with van der Waals surface area (Å²) >= 11 is 12.0. The maximum atomic E-state index is 6.05. The van der Waals surface area contributed by atoms with E-state index in [2.05, 4.69) is 4.98 Å². The van der Waals surface area contributed by atoms with Gasteiger partial charge in [0.05, 0.1) is 27.6 Å². The summed E-state index contributed by atoms with van der Waals surface area (Å²) < 4.78 is 7.54. The highest BCUT2D eigenvalue weighted by Gasteiger charge is 2.11. The Balaban J connectivity index is 1.80. The highest BCUT2D eigenvalue weighted by atomic mass is 35.5. The lowest BCUT2D eigenvalue weighted by Crippen LogP contribution is -2.10. The molecule has 108 valence electrons. The van der Waals surface area contributed by atoms with Crippen LogP contribution in [-0.4, -0.2) is 16.2 Å². The molecule has 6 heteroatoms. The molecule has 1 heterocycles. The number of para-hydroxylation sites is 1. The molecule has 0 bridgehead atoms. The van der Waals surface area contributed by atoms with E-state index in [-0.39, 0.29) is 0 Å². The molecule has 2 aromatic carbocycles. The van der Waals surface area contributed by atoms with Gasteiger partial charge in [-0.25, -0.2) is 4.98 Å². The van der Waals surface area contributed by atoms with Crippen LogP contribution in [0, 0.1) is 0 Å². The smallest absolute Gasteiger partial charge is 0.201 e. The summed E-state index contributed by atoms with van der Waals surface area (Å²) in [6, 6.07) is 13.1. The molecule has 3 aromatic rings. The number of hydrogen-bond donors (Lipinski definition) is 1. The van der Waals surface area contributed by atoms with Crippen molar-refractivity contribution >= 4 is 40.2 Å². The zero-order valence-electron chi connectivity index (χ0n) is 11.1. The van der Waals surface area contributed by atoms with E-state index in [1.807, 2.05) is 34.9 Å². The van der Waals surface area contributed by atoms with Gasteiger partial charge in [0.15, 0.2) is 0 Å². The maximum absolute atomic E-state index is 6.05. The Hall–Kier alpha value is -1.91. The summed E-state index contributed by atoms with van der Waals surface area (Å²) in [7, 11) is 0. The van der Waals surface area contributed by atoms with Gasteiger partial charge in [-0.3, -0.25) is 0 Å². The zero-order valence-corrected chi connectivity index (χ0v) is 12.6. The molecule has 0 fully saturated rings. The van der Waals surface area contributed by atoms with Crippen molar-refractivity contribution in [2.45, 2.75) is 6.54 Å². The van der Waals surface area contributed by atoms with Gasteiger partial charge < -0.3 is 15.0 Å². The quantitative estimate of drug-likeness (QED) is 0.790. The van der Waals surface area contributed by atoms with Crippen molar-refractivity contribution in [3.05, 3.63) is 52.5 Å². The number of hydrogen-bond acceptors (Lipinski definition) is 3. The molecule has 0 radical (unpaired) electrons. The van der Waals surface area contributed by atoms with Gasteiger partial charge in [0.25, 0.3) is 0 Å². The third-order valence-corrected chi connectivity index (χ3v) is 3.87. The summed E-state index contributed by atoms with van der Waals surface area (Å²) in [6.07, 6.45) is 0. The van der Waals surface area contributed by atoms with E-state index < -0.39 is 0 Å². The molecule has 0 amide bonds. The van der Waals surface area contributed by atoms with Gasteiger partial charge >= 0.3 is 0 Å². The fourth-order valence-corrected chi connectivity index (χ4v) is 2.46. The minimum atomic E-state index is 0.417. The SMILES string of the molecule is Nc1nc2cc(Cl)c(Cl)cc2n1CCOc1ccccc1. The van der Waals surface area contributed by atoms with E-state index in [0.29, 0.717) is 29.1 Å². The molecule has 0 aliphatic heterocycles. The number of nitrogens with zero attached hydrogens (tertiary/aromatic N) is 2. The van der Waals surface area contributed by atoms with E-state index in [4.69, 9.17) is 33.7 Å². The molecule has 0 spiro atoms. The minimum Gasteiger partial charge on any atom is -0.492 e. The molecule has 0 atom stereocenters. The summed E-state index contributed by atoms with van der Waals surface area (Å²) in [4.78, 5) is 4.28. The molecule has 4 nitrogen and oxygen atoms in total. The Morgan fingerprint density at radius 2 is 1.81 bits per heavy atom. The number of halogens is 2. The Labute approximate surface area is 132 Å². The molecule has 0 aliphatic rings. The first-order valence-electron chi connectivity index (χ1n) is 6.44. The van der Waals surface area contributed by atoms with Crippen molar-refractivity contribution in [1.82, 2.24) is 9.55 Å². The summed E-state index contributed by atoms with van der Waals surface area (Å²) in [5, 5.41) is 0.948. The Kier molecular flexibility index (Phi) is 3.90. The van der Waals surface area contributed by atoms with Gasteiger partial charge in [-0.05, 0) is 24.3 Å². The van der Waals surface area contributed by atoms with Crippen LogP contribution in [0.1, 0.15) is 0 Å². The van der Waals surface area contributed by atoms with Crippen LogP contribution in [0.15, 0.2) is 42.5 Å². The van der Waals surface area contributed by atoms with E-state index in [0.717, 1.165) is 16.8 Å². The highest BCUT2D eigenvalue weighted by molar-refractivity contribution is 6.42. The summed E-state index contributed by atoms with van der Waals surface area (Å²) in [5.41, 5.74) is 7.51. The molecule has 0 unspecified atom stereocenters. The van der Waals surface area contributed by atoms with Crippen molar-refractivity contribution in [2.75, 3.05) is 12.3 Å². The van der Waals surface area contributed by atoms with Crippen LogP contribution in [0.4, 0.5) is 5.95 Å². The Bertz CT molecular complexity index is 771. The number of anilines is 1. The summed E-state index contributed by atoms with van der Waals surface area (Å²) in [5.74, 6) is 1.24. The van der Waals surface area contributed by atoms with Gasteiger partial charge in [-0.2, -0.15) is 0 Å². The molecule has 0 saturated carbocycles. The van der Waals surface area contributed by atoms with Gasteiger partial charge in [-0.1, -0.05) is 41.4 Å². The second-order valence-electron chi connectivity index (χ2n) is 4.54.